The molecule has 1 amide bonds. The van der Waals surface area contributed by atoms with E-state index in [9.17, 15) is 9.35 Å². The summed E-state index contributed by atoms with van der Waals surface area (Å²) in [6.07, 6.45) is -0.567. The van der Waals surface area contributed by atoms with Crippen molar-refractivity contribution >= 4 is 28.8 Å². The summed E-state index contributed by atoms with van der Waals surface area (Å²) in [6, 6.07) is 18.2. The van der Waals surface area contributed by atoms with E-state index in [1.54, 1.807) is 36.4 Å². The van der Waals surface area contributed by atoms with Crippen LogP contribution >= 0.6 is 0 Å². The second-order valence-electron chi connectivity index (χ2n) is 7.94. The number of ether oxygens (including phenoxy) is 2. The number of hydrogen-bond acceptors (Lipinski definition) is 7. The SMILES string of the molecule is CC[S+]([O-])Cc1cc(N2CCOC[C@@H]2C)nc(-c2ccc(NC(=O)Oc3ccccc3)cc2)n1. The molecule has 1 fully saturated rings. The Labute approximate surface area is 202 Å². The Kier molecular flexibility index (Phi) is 7.99. The van der Waals surface area contributed by atoms with Gasteiger partial charge in [-0.15, -0.1) is 0 Å². The Morgan fingerprint density at radius 2 is 1.97 bits per heavy atom. The Balaban J connectivity index is 1.54. The predicted molar refractivity (Wildman–Crippen MR) is 134 cm³/mol. The molecule has 0 bridgehead atoms. The van der Waals surface area contributed by atoms with Crippen LogP contribution in [0.2, 0.25) is 0 Å². The van der Waals surface area contributed by atoms with E-state index >= 15 is 0 Å². The van der Waals surface area contributed by atoms with Crippen LogP contribution in [0, 0.1) is 0 Å². The van der Waals surface area contributed by atoms with Gasteiger partial charge in [-0.2, -0.15) is 0 Å². The number of benzene rings is 2. The first-order valence-corrected chi connectivity index (χ1v) is 12.7. The molecule has 1 N–H and O–H groups in total. The van der Waals surface area contributed by atoms with Crippen LogP contribution in [0.3, 0.4) is 0 Å². The van der Waals surface area contributed by atoms with Crippen molar-refractivity contribution < 1.29 is 18.8 Å². The van der Waals surface area contributed by atoms with E-state index in [1.807, 2.05) is 31.2 Å². The van der Waals surface area contributed by atoms with Crippen LogP contribution in [0.1, 0.15) is 19.5 Å². The molecule has 1 aromatic heterocycles. The van der Waals surface area contributed by atoms with Gasteiger partial charge >= 0.3 is 6.09 Å². The van der Waals surface area contributed by atoms with Crippen LogP contribution in [-0.2, 0) is 21.7 Å². The van der Waals surface area contributed by atoms with Gasteiger partial charge in [0.25, 0.3) is 0 Å². The predicted octanol–water partition coefficient (Wildman–Crippen LogP) is 4.25. The largest absolute Gasteiger partial charge is 0.616 e. The minimum Gasteiger partial charge on any atom is -0.616 e. The summed E-state index contributed by atoms with van der Waals surface area (Å²) >= 11 is -0.987. The molecule has 1 aliphatic rings. The molecule has 0 aliphatic carbocycles. The van der Waals surface area contributed by atoms with Crippen molar-refractivity contribution in [2.24, 2.45) is 0 Å². The highest BCUT2D eigenvalue weighted by atomic mass is 32.2. The minimum atomic E-state index is -0.987. The van der Waals surface area contributed by atoms with Gasteiger partial charge < -0.3 is 18.9 Å². The number of amides is 1. The zero-order chi connectivity index (χ0) is 23.9. The van der Waals surface area contributed by atoms with Crippen LogP contribution in [0.25, 0.3) is 11.4 Å². The molecule has 0 radical (unpaired) electrons. The average molecular weight is 481 g/mol. The summed E-state index contributed by atoms with van der Waals surface area (Å²) in [5.74, 6) is 2.77. The minimum absolute atomic E-state index is 0.184. The molecule has 8 nitrogen and oxygen atoms in total. The van der Waals surface area contributed by atoms with Gasteiger partial charge in [-0.25, -0.2) is 14.8 Å². The monoisotopic (exact) mass is 480 g/mol. The molecule has 9 heteroatoms. The van der Waals surface area contributed by atoms with Gasteiger partial charge in [0.05, 0.1) is 24.9 Å². The molecule has 34 heavy (non-hydrogen) atoms. The number of para-hydroxylation sites is 1. The van der Waals surface area contributed by atoms with Crippen LogP contribution in [0.5, 0.6) is 5.75 Å². The lowest BCUT2D eigenvalue weighted by atomic mass is 10.2. The first kappa shape index (κ1) is 24.0. The highest BCUT2D eigenvalue weighted by Crippen LogP contribution is 2.25. The van der Waals surface area contributed by atoms with E-state index in [4.69, 9.17) is 14.5 Å². The van der Waals surface area contributed by atoms with Crippen molar-refractivity contribution in [3.8, 4) is 17.1 Å². The number of carbonyl (C=O) groups excluding carboxylic acids is 1. The summed E-state index contributed by atoms with van der Waals surface area (Å²) in [4.78, 5) is 23.8. The van der Waals surface area contributed by atoms with Crippen molar-refractivity contribution in [1.82, 2.24) is 9.97 Å². The molecule has 2 atom stereocenters. The molecule has 1 saturated heterocycles. The third-order valence-electron chi connectivity index (χ3n) is 5.40. The number of hydrogen-bond donors (Lipinski definition) is 1. The van der Waals surface area contributed by atoms with E-state index < -0.39 is 17.3 Å². The normalized spacial score (nSPS) is 16.7. The van der Waals surface area contributed by atoms with Gasteiger partial charge in [-0.05, 0) is 61.4 Å². The van der Waals surface area contributed by atoms with Crippen molar-refractivity contribution in [3.63, 3.8) is 0 Å². The zero-order valence-electron chi connectivity index (χ0n) is 19.3. The van der Waals surface area contributed by atoms with Crippen molar-refractivity contribution in [2.75, 3.05) is 35.7 Å². The topological polar surface area (TPSA) is 99.6 Å². The van der Waals surface area contributed by atoms with Gasteiger partial charge in [-0.3, -0.25) is 5.32 Å². The zero-order valence-corrected chi connectivity index (χ0v) is 20.1. The van der Waals surface area contributed by atoms with Crippen LogP contribution < -0.4 is 15.0 Å². The Hall–Kier alpha value is -3.14. The number of aromatic nitrogens is 2. The second-order valence-corrected chi connectivity index (χ2v) is 9.68. The van der Waals surface area contributed by atoms with Crippen molar-refractivity contribution in [2.45, 2.75) is 25.6 Å². The summed E-state index contributed by atoms with van der Waals surface area (Å²) < 4.78 is 23.1. The lowest BCUT2D eigenvalue weighted by molar-refractivity contribution is 0.0985. The van der Waals surface area contributed by atoms with E-state index in [0.29, 0.717) is 42.0 Å². The third kappa shape index (κ3) is 6.25. The van der Waals surface area contributed by atoms with E-state index in [1.165, 1.54) is 0 Å². The molecule has 1 unspecified atom stereocenters. The van der Waals surface area contributed by atoms with Gasteiger partial charge in [0.2, 0.25) is 0 Å². The molecule has 0 spiro atoms. The maximum atomic E-state index is 12.2. The standard InChI is InChI=1S/C25H28N4O4S/c1-3-34(31)17-21-15-23(29-13-14-32-16-18(29)2)28-24(26-21)19-9-11-20(12-10-19)27-25(30)33-22-7-5-4-6-8-22/h4-12,15,18H,3,13-14,16-17H2,1-2H3,(H,27,30)/t18-,34?/m0/s1. The second kappa shape index (κ2) is 11.3. The van der Waals surface area contributed by atoms with Crippen molar-refractivity contribution in [3.05, 3.63) is 66.4 Å². The number of rotatable bonds is 7. The molecule has 1 aliphatic heterocycles. The molecule has 178 valence electrons. The number of carbonyl (C=O) groups is 1. The van der Waals surface area contributed by atoms with E-state index in [2.05, 4.69) is 22.1 Å². The number of morpholine rings is 1. The van der Waals surface area contributed by atoms with Crippen LogP contribution in [0.4, 0.5) is 16.3 Å². The number of nitrogens with one attached hydrogen (secondary N) is 1. The Morgan fingerprint density at radius 3 is 2.68 bits per heavy atom. The maximum absolute atomic E-state index is 12.2. The highest BCUT2D eigenvalue weighted by Gasteiger charge is 2.22. The molecule has 2 heterocycles. The fourth-order valence-corrected chi connectivity index (χ4v) is 4.29. The summed E-state index contributed by atoms with van der Waals surface area (Å²) in [7, 11) is 0. The van der Waals surface area contributed by atoms with Gasteiger partial charge in [0.1, 0.15) is 23.1 Å². The lowest BCUT2D eigenvalue weighted by Gasteiger charge is -2.34. The first-order valence-electron chi connectivity index (χ1n) is 11.2. The molecular formula is C25H28N4O4S. The van der Waals surface area contributed by atoms with E-state index in [0.717, 1.165) is 23.6 Å². The summed E-state index contributed by atoms with van der Waals surface area (Å²) in [5, 5.41) is 2.72. The highest BCUT2D eigenvalue weighted by molar-refractivity contribution is 7.90. The van der Waals surface area contributed by atoms with E-state index in [-0.39, 0.29) is 6.04 Å². The van der Waals surface area contributed by atoms with Gasteiger partial charge in [0, 0.05) is 23.9 Å². The number of nitrogens with zero attached hydrogens (tertiary/aromatic N) is 3. The van der Waals surface area contributed by atoms with Gasteiger partial charge in [-0.1, -0.05) is 18.2 Å². The Bertz CT molecular complexity index is 1100. The van der Waals surface area contributed by atoms with Crippen LogP contribution in [0.15, 0.2) is 60.7 Å². The quantitative estimate of drug-likeness (QED) is 0.505. The first-order chi connectivity index (χ1) is 16.5. The molecular weight excluding hydrogens is 452 g/mol. The average Bonchev–Trinajstić information content (AvgIpc) is 2.85. The fourth-order valence-electron chi connectivity index (χ4n) is 3.61. The molecule has 3 aromatic rings. The molecule has 0 saturated carbocycles. The third-order valence-corrected chi connectivity index (χ3v) is 6.66. The van der Waals surface area contributed by atoms with Gasteiger partial charge in [0.15, 0.2) is 5.82 Å². The van der Waals surface area contributed by atoms with Crippen LogP contribution in [-0.4, -0.2) is 52.2 Å². The molecule has 4 rings (SSSR count). The smallest absolute Gasteiger partial charge is 0.417 e. The Morgan fingerprint density at radius 1 is 1.21 bits per heavy atom. The maximum Gasteiger partial charge on any atom is 0.417 e. The van der Waals surface area contributed by atoms with Crippen molar-refractivity contribution in [1.29, 1.82) is 0 Å². The lowest BCUT2D eigenvalue weighted by Crippen LogP contribution is -2.44. The summed E-state index contributed by atoms with van der Waals surface area (Å²) in [6.45, 7) is 6.01. The molecule has 2 aromatic carbocycles. The number of anilines is 2. The fraction of sp³-hybridized carbons (Fsp3) is 0.320. The summed E-state index contributed by atoms with van der Waals surface area (Å²) in [5.41, 5.74) is 2.13.